The minimum absolute atomic E-state index is 0.0360. The summed E-state index contributed by atoms with van der Waals surface area (Å²) in [6, 6.07) is 3.17. The molecule has 0 amide bonds. The summed E-state index contributed by atoms with van der Waals surface area (Å²) >= 11 is 0. The van der Waals surface area contributed by atoms with Gasteiger partial charge in [-0.05, 0) is 0 Å². The van der Waals surface area contributed by atoms with Crippen LogP contribution < -0.4 is 9.47 Å². The van der Waals surface area contributed by atoms with Crippen LogP contribution in [0.15, 0.2) is 6.07 Å². The van der Waals surface area contributed by atoms with Gasteiger partial charge in [-0.15, -0.1) is 0 Å². The Morgan fingerprint density at radius 1 is 1.44 bits per heavy atom. The van der Waals surface area contributed by atoms with Gasteiger partial charge in [0.25, 0.3) is 6.43 Å². The topological polar surface area (TPSA) is 55.1 Å². The lowest BCUT2D eigenvalue weighted by molar-refractivity contribution is 0.143. The number of nitriles is 1. The van der Waals surface area contributed by atoms with Crippen LogP contribution in [-0.2, 0) is 6.42 Å². The predicted octanol–water partition coefficient (Wildman–Crippen LogP) is 2.10. The van der Waals surface area contributed by atoms with Gasteiger partial charge in [-0.25, -0.2) is 13.8 Å². The van der Waals surface area contributed by atoms with E-state index in [4.69, 9.17) is 14.7 Å². The fourth-order valence-corrected chi connectivity index (χ4v) is 1.27. The molecule has 1 heterocycles. The normalized spacial score (nSPS) is 10.0. The van der Waals surface area contributed by atoms with Crippen LogP contribution in [-0.4, -0.2) is 19.2 Å². The Labute approximate surface area is 91.4 Å². The van der Waals surface area contributed by atoms with Crippen molar-refractivity contribution < 1.29 is 18.3 Å². The third-order valence-electron chi connectivity index (χ3n) is 1.98. The zero-order valence-corrected chi connectivity index (χ0v) is 8.83. The van der Waals surface area contributed by atoms with E-state index >= 15 is 0 Å². The van der Waals surface area contributed by atoms with E-state index in [1.807, 2.05) is 0 Å². The Morgan fingerprint density at radius 2 is 2.12 bits per heavy atom. The summed E-state index contributed by atoms with van der Waals surface area (Å²) in [5.74, 6) is 0.220. The van der Waals surface area contributed by atoms with Gasteiger partial charge in [-0.3, -0.25) is 0 Å². The largest absolute Gasteiger partial charge is 0.496 e. The maximum absolute atomic E-state index is 12.7. The summed E-state index contributed by atoms with van der Waals surface area (Å²) in [5, 5.41) is 8.56. The zero-order chi connectivity index (χ0) is 12.1. The van der Waals surface area contributed by atoms with Crippen LogP contribution in [0.2, 0.25) is 0 Å². The fraction of sp³-hybridized carbons (Fsp3) is 0.400. The molecule has 4 nitrogen and oxygen atoms in total. The van der Waals surface area contributed by atoms with Crippen molar-refractivity contribution in [2.75, 3.05) is 14.2 Å². The SMILES string of the molecule is COc1cc(OC)c(CC#N)c(C(F)F)n1. The third-order valence-corrected chi connectivity index (χ3v) is 1.98. The van der Waals surface area contributed by atoms with Gasteiger partial charge in [0.1, 0.15) is 11.4 Å². The summed E-state index contributed by atoms with van der Waals surface area (Å²) in [4.78, 5) is 3.61. The van der Waals surface area contributed by atoms with Crippen molar-refractivity contribution in [1.82, 2.24) is 4.98 Å². The highest BCUT2D eigenvalue weighted by atomic mass is 19.3. The Kier molecular flexibility index (Phi) is 4.00. The number of hydrogen-bond acceptors (Lipinski definition) is 4. The smallest absolute Gasteiger partial charge is 0.280 e. The number of rotatable bonds is 4. The molecule has 0 N–H and O–H groups in total. The summed E-state index contributed by atoms with van der Waals surface area (Å²) in [6.45, 7) is 0. The molecule has 16 heavy (non-hydrogen) atoms. The van der Waals surface area contributed by atoms with E-state index in [0.29, 0.717) is 0 Å². The summed E-state index contributed by atoms with van der Waals surface area (Å²) in [7, 11) is 2.66. The highest BCUT2D eigenvalue weighted by Gasteiger charge is 2.20. The van der Waals surface area contributed by atoms with Crippen molar-refractivity contribution in [1.29, 1.82) is 5.26 Å². The van der Waals surface area contributed by atoms with Crippen LogP contribution in [0.3, 0.4) is 0 Å². The van der Waals surface area contributed by atoms with Crippen LogP contribution in [0.5, 0.6) is 11.6 Å². The lowest BCUT2D eigenvalue weighted by atomic mass is 10.1. The number of nitrogens with zero attached hydrogens (tertiary/aromatic N) is 2. The van der Waals surface area contributed by atoms with Crippen LogP contribution >= 0.6 is 0 Å². The molecule has 0 spiro atoms. The molecule has 0 radical (unpaired) electrons. The van der Waals surface area contributed by atoms with Gasteiger partial charge in [0.05, 0.1) is 26.7 Å². The van der Waals surface area contributed by atoms with Crippen molar-refractivity contribution in [2.24, 2.45) is 0 Å². The molecule has 0 unspecified atom stereocenters. The average Bonchev–Trinajstić information content (AvgIpc) is 2.29. The van der Waals surface area contributed by atoms with Crippen molar-refractivity contribution in [3.05, 3.63) is 17.3 Å². The van der Waals surface area contributed by atoms with Gasteiger partial charge in [0.15, 0.2) is 0 Å². The van der Waals surface area contributed by atoms with Crippen LogP contribution in [0.1, 0.15) is 17.7 Å². The minimum Gasteiger partial charge on any atom is -0.496 e. The molecule has 0 saturated carbocycles. The number of pyridine rings is 1. The molecule has 0 fully saturated rings. The van der Waals surface area contributed by atoms with E-state index in [-0.39, 0.29) is 23.6 Å². The van der Waals surface area contributed by atoms with Crippen molar-refractivity contribution >= 4 is 0 Å². The number of alkyl halides is 2. The van der Waals surface area contributed by atoms with E-state index in [1.165, 1.54) is 20.3 Å². The molecule has 0 aliphatic carbocycles. The summed E-state index contributed by atoms with van der Waals surface area (Å²) in [5.41, 5.74) is -0.376. The highest BCUT2D eigenvalue weighted by Crippen LogP contribution is 2.31. The standard InChI is InChI=1S/C10H10F2N2O2/c1-15-7-5-8(16-2)14-9(10(11)12)6(7)3-4-13/h5,10H,3H2,1-2H3. The number of ether oxygens (including phenoxy) is 2. The van der Waals surface area contributed by atoms with E-state index in [0.717, 1.165) is 0 Å². The average molecular weight is 228 g/mol. The van der Waals surface area contributed by atoms with Gasteiger partial charge in [0.2, 0.25) is 5.88 Å². The second-order valence-corrected chi connectivity index (χ2v) is 2.87. The maximum atomic E-state index is 12.7. The molecule has 0 atom stereocenters. The fourth-order valence-electron chi connectivity index (χ4n) is 1.27. The molecular weight excluding hydrogens is 218 g/mol. The van der Waals surface area contributed by atoms with Gasteiger partial charge in [0, 0.05) is 11.6 Å². The molecule has 0 saturated heterocycles. The summed E-state index contributed by atoms with van der Waals surface area (Å²) < 4.78 is 35.1. The lowest BCUT2D eigenvalue weighted by Gasteiger charge is -2.12. The van der Waals surface area contributed by atoms with Gasteiger partial charge in [-0.1, -0.05) is 0 Å². The first-order valence-corrected chi connectivity index (χ1v) is 4.41. The molecule has 6 heteroatoms. The molecule has 86 valence electrons. The van der Waals surface area contributed by atoms with Crippen LogP contribution in [0.4, 0.5) is 8.78 Å². The van der Waals surface area contributed by atoms with Gasteiger partial charge in [-0.2, -0.15) is 5.26 Å². The third kappa shape index (κ3) is 2.37. The Balaban J connectivity index is 3.36. The molecule has 1 rings (SSSR count). The second kappa shape index (κ2) is 5.26. The Morgan fingerprint density at radius 3 is 2.56 bits per heavy atom. The molecule has 1 aromatic rings. The van der Waals surface area contributed by atoms with Gasteiger partial charge >= 0.3 is 0 Å². The quantitative estimate of drug-likeness (QED) is 0.791. The monoisotopic (exact) mass is 228 g/mol. The van der Waals surface area contributed by atoms with E-state index < -0.39 is 12.1 Å². The second-order valence-electron chi connectivity index (χ2n) is 2.87. The number of hydrogen-bond donors (Lipinski definition) is 0. The van der Waals surface area contributed by atoms with Crippen LogP contribution in [0.25, 0.3) is 0 Å². The van der Waals surface area contributed by atoms with Crippen LogP contribution in [0, 0.1) is 11.3 Å². The predicted molar refractivity (Wildman–Crippen MR) is 51.6 cm³/mol. The first-order chi connectivity index (χ1) is 7.63. The highest BCUT2D eigenvalue weighted by molar-refractivity contribution is 5.42. The first-order valence-electron chi connectivity index (χ1n) is 4.41. The first kappa shape index (κ1) is 12.2. The molecule has 0 aliphatic heterocycles. The van der Waals surface area contributed by atoms with E-state index in [9.17, 15) is 8.78 Å². The number of methoxy groups -OCH3 is 2. The zero-order valence-electron chi connectivity index (χ0n) is 8.83. The minimum atomic E-state index is -2.77. The molecule has 0 aromatic carbocycles. The molecule has 0 aliphatic rings. The number of halogens is 2. The Hall–Kier alpha value is -1.90. The van der Waals surface area contributed by atoms with E-state index in [1.54, 1.807) is 6.07 Å². The van der Waals surface area contributed by atoms with Gasteiger partial charge < -0.3 is 9.47 Å². The maximum Gasteiger partial charge on any atom is 0.280 e. The molecule has 0 bridgehead atoms. The molecular formula is C10H10F2N2O2. The lowest BCUT2D eigenvalue weighted by Crippen LogP contribution is -2.03. The van der Waals surface area contributed by atoms with Crippen molar-refractivity contribution in [3.63, 3.8) is 0 Å². The Bertz CT molecular complexity index is 416. The summed E-state index contributed by atoms with van der Waals surface area (Å²) in [6.07, 6.45) is -2.95. The van der Waals surface area contributed by atoms with E-state index in [2.05, 4.69) is 4.98 Å². The molecule has 1 aromatic heterocycles. The van der Waals surface area contributed by atoms with Crippen molar-refractivity contribution in [3.8, 4) is 17.7 Å². The number of aromatic nitrogens is 1. The van der Waals surface area contributed by atoms with Crippen molar-refractivity contribution in [2.45, 2.75) is 12.8 Å².